The molecule has 2 rings (SSSR count). The Kier molecular flexibility index (Phi) is 2.30. The molecule has 0 aromatic heterocycles. The van der Waals surface area contributed by atoms with Crippen molar-refractivity contribution >= 4 is 5.91 Å². The largest absolute Gasteiger partial charge is 0.358 e. The van der Waals surface area contributed by atoms with E-state index in [9.17, 15) is 4.79 Å². The maximum absolute atomic E-state index is 11.5. The van der Waals surface area contributed by atoms with Gasteiger partial charge in [0, 0.05) is 19.6 Å². The van der Waals surface area contributed by atoms with E-state index in [2.05, 4.69) is 0 Å². The van der Waals surface area contributed by atoms with Crippen molar-refractivity contribution < 1.29 is 9.53 Å². The van der Waals surface area contributed by atoms with Gasteiger partial charge in [0.1, 0.15) is 6.23 Å². The summed E-state index contributed by atoms with van der Waals surface area (Å²) < 4.78 is 5.58. The van der Waals surface area contributed by atoms with Crippen LogP contribution in [0.2, 0.25) is 0 Å². The van der Waals surface area contributed by atoms with Crippen molar-refractivity contribution in [2.45, 2.75) is 38.3 Å². The molecular weight excluding hydrogens is 154 g/mol. The molecule has 2 fully saturated rings. The lowest BCUT2D eigenvalue weighted by Crippen LogP contribution is -2.43. The van der Waals surface area contributed by atoms with E-state index in [1.807, 2.05) is 4.90 Å². The zero-order valence-electron chi connectivity index (χ0n) is 7.29. The molecule has 3 heteroatoms. The van der Waals surface area contributed by atoms with E-state index >= 15 is 0 Å². The van der Waals surface area contributed by atoms with Crippen molar-refractivity contribution in [2.75, 3.05) is 13.2 Å². The van der Waals surface area contributed by atoms with Crippen LogP contribution in [0.15, 0.2) is 0 Å². The molecule has 12 heavy (non-hydrogen) atoms. The van der Waals surface area contributed by atoms with Crippen LogP contribution in [0.25, 0.3) is 0 Å². The zero-order chi connectivity index (χ0) is 8.39. The average molecular weight is 169 g/mol. The molecule has 1 amide bonds. The van der Waals surface area contributed by atoms with Crippen LogP contribution in [-0.2, 0) is 9.53 Å². The number of fused-ring (bicyclic) bond motifs is 1. The summed E-state index contributed by atoms with van der Waals surface area (Å²) in [5.41, 5.74) is 0. The normalized spacial score (nSPS) is 31.2. The summed E-state index contributed by atoms with van der Waals surface area (Å²) in [5, 5.41) is 0. The van der Waals surface area contributed by atoms with E-state index in [0.29, 0.717) is 6.42 Å². The molecule has 3 nitrogen and oxygen atoms in total. The number of hydrogen-bond donors (Lipinski definition) is 0. The Hall–Kier alpha value is -0.570. The lowest BCUT2D eigenvalue weighted by atomic mass is 10.1. The highest BCUT2D eigenvalue weighted by molar-refractivity contribution is 5.76. The number of carbonyl (C=O) groups is 1. The monoisotopic (exact) mass is 169 g/mol. The standard InChI is InChI=1S/C9H15NO2/c11-8-4-3-7-12-9-5-1-2-6-10(8)9/h9H,1-7H2. The summed E-state index contributed by atoms with van der Waals surface area (Å²) >= 11 is 0. The molecule has 0 aromatic carbocycles. The van der Waals surface area contributed by atoms with Gasteiger partial charge in [-0.15, -0.1) is 0 Å². The van der Waals surface area contributed by atoms with E-state index in [0.717, 1.165) is 32.4 Å². The van der Waals surface area contributed by atoms with Gasteiger partial charge in [0.2, 0.25) is 5.91 Å². The summed E-state index contributed by atoms with van der Waals surface area (Å²) in [6, 6.07) is 0. The second-order valence-electron chi connectivity index (χ2n) is 3.51. The van der Waals surface area contributed by atoms with Gasteiger partial charge in [-0.1, -0.05) is 0 Å². The molecule has 0 saturated carbocycles. The van der Waals surface area contributed by atoms with Crippen LogP contribution in [-0.4, -0.2) is 30.2 Å². The molecule has 0 bridgehead atoms. The van der Waals surface area contributed by atoms with E-state index in [1.165, 1.54) is 6.42 Å². The smallest absolute Gasteiger partial charge is 0.224 e. The molecule has 1 unspecified atom stereocenters. The third kappa shape index (κ3) is 1.46. The Morgan fingerprint density at radius 1 is 1.33 bits per heavy atom. The van der Waals surface area contributed by atoms with Crippen molar-refractivity contribution in [3.05, 3.63) is 0 Å². The number of carbonyl (C=O) groups excluding carboxylic acids is 1. The van der Waals surface area contributed by atoms with Crippen LogP contribution in [0.1, 0.15) is 32.1 Å². The SMILES string of the molecule is O=C1CCCOC2CCCCN12. The topological polar surface area (TPSA) is 29.5 Å². The van der Waals surface area contributed by atoms with Gasteiger partial charge in [-0.3, -0.25) is 4.79 Å². The van der Waals surface area contributed by atoms with Gasteiger partial charge in [0.25, 0.3) is 0 Å². The van der Waals surface area contributed by atoms with Crippen molar-refractivity contribution in [2.24, 2.45) is 0 Å². The second kappa shape index (κ2) is 3.44. The van der Waals surface area contributed by atoms with Gasteiger partial charge < -0.3 is 9.64 Å². The highest BCUT2D eigenvalue weighted by Crippen LogP contribution is 2.21. The van der Waals surface area contributed by atoms with Gasteiger partial charge in [0.05, 0.1) is 0 Å². The quantitative estimate of drug-likeness (QED) is 0.544. The van der Waals surface area contributed by atoms with Crippen LogP contribution in [0, 0.1) is 0 Å². The molecule has 2 aliphatic heterocycles. The molecule has 0 radical (unpaired) electrons. The first-order valence-electron chi connectivity index (χ1n) is 4.79. The maximum atomic E-state index is 11.5. The zero-order valence-corrected chi connectivity index (χ0v) is 7.29. The molecule has 2 aliphatic rings. The number of nitrogens with zero attached hydrogens (tertiary/aromatic N) is 1. The number of rotatable bonds is 0. The van der Waals surface area contributed by atoms with Gasteiger partial charge in [-0.2, -0.15) is 0 Å². The molecule has 0 spiro atoms. The first-order chi connectivity index (χ1) is 5.88. The molecule has 0 aromatic rings. The lowest BCUT2D eigenvalue weighted by Gasteiger charge is -2.33. The Morgan fingerprint density at radius 3 is 3.17 bits per heavy atom. The first-order valence-corrected chi connectivity index (χ1v) is 4.79. The van der Waals surface area contributed by atoms with Gasteiger partial charge in [-0.05, 0) is 25.7 Å². The molecule has 68 valence electrons. The summed E-state index contributed by atoms with van der Waals surface area (Å²) in [6.45, 7) is 1.66. The van der Waals surface area contributed by atoms with E-state index in [4.69, 9.17) is 4.74 Å². The van der Waals surface area contributed by atoms with Crippen molar-refractivity contribution in [1.29, 1.82) is 0 Å². The Labute approximate surface area is 72.7 Å². The Bertz CT molecular complexity index is 181. The minimum Gasteiger partial charge on any atom is -0.358 e. The number of hydrogen-bond acceptors (Lipinski definition) is 2. The van der Waals surface area contributed by atoms with Crippen LogP contribution >= 0.6 is 0 Å². The van der Waals surface area contributed by atoms with Crippen LogP contribution in [0.3, 0.4) is 0 Å². The molecule has 2 heterocycles. The molecule has 1 atom stereocenters. The molecule has 0 N–H and O–H groups in total. The van der Waals surface area contributed by atoms with Crippen LogP contribution in [0.5, 0.6) is 0 Å². The van der Waals surface area contributed by atoms with Crippen LogP contribution < -0.4 is 0 Å². The summed E-state index contributed by atoms with van der Waals surface area (Å²) in [5.74, 6) is 0.289. The maximum Gasteiger partial charge on any atom is 0.224 e. The third-order valence-electron chi connectivity index (χ3n) is 2.61. The fourth-order valence-corrected chi connectivity index (χ4v) is 1.95. The van der Waals surface area contributed by atoms with Gasteiger partial charge in [-0.25, -0.2) is 0 Å². The lowest BCUT2D eigenvalue weighted by molar-refractivity contribution is -0.144. The summed E-state index contributed by atoms with van der Waals surface area (Å²) in [4.78, 5) is 13.4. The van der Waals surface area contributed by atoms with Crippen molar-refractivity contribution in [1.82, 2.24) is 4.90 Å². The fraction of sp³-hybridized carbons (Fsp3) is 0.889. The number of amides is 1. The third-order valence-corrected chi connectivity index (χ3v) is 2.61. The van der Waals surface area contributed by atoms with E-state index < -0.39 is 0 Å². The Balaban J connectivity index is 2.06. The predicted molar refractivity (Wildman–Crippen MR) is 44.5 cm³/mol. The average Bonchev–Trinajstić information content (AvgIpc) is 2.29. The molecule has 2 saturated heterocycles. The Morgan fingerprint density at radius 2 is 2.25 bits per heavy atom. The van der Waals surface area contributed by atoms with Crippen molar-refractivity contribution in [3.8, 4) is 0 Å². The van der Waals surface area contributed by atoms with Crippen molar-refractivity contribution in [3.63, 3.8) is 0 Å². The summed E-state index contributed by atoms with van der Waals surface area (Å²) in [6.07, 6.45) is 5.06. The van der Waals surface area contributed by atoms with E-state index in [-0.39, 0.29) is 12.1 Å². The first kappa shape index (κ1) is 8.05. The predicted octanol–water partition coefficient (Wildman–Crippen LogP) is 1.14. The molecular formula is C9H15NO2. The number of ether oxygens (including phenoxy) is 1. The highest BCUT2D eigenvalue weighted by atomic mass is 16.5. The number of piperidine rings is 1. The minimum atomic E-state index is 0.105. The van der Waals surface area contributed by atoms with Crippen LogP contribution in [0.4, 0.5) is 0 Å². The second-order valence-corrected chi connectivity index (χ2v) is 3.51. The summed E-state index contributed by atoms with van der Waals surface area (Å²) in [7, 11) is 0. The van der Waals surface area contributed by atoms with Gasteiger partial charge in [0.15, 0.2) is 0 Å². The van der Waals surface area contributed by atoms with Gasteiger partial charge >= 0.3 is 0 Å². The minimum absolute atomic E-state index is 0.105. The fourth-order valence-electron chi connectivity index (χ4n) is 1.95. The highest BCUT2D eigenvalue weighted by Gasteiger charge is 2.28. The molecule has 0 aliphatic carbocycles. The van der Waals surface area contributed by atoms with E-state index in [1.54, 1.807) is 0 Å².